The maximum absolute atomic E-state index is 12.5. The van der Waals surface area contributed by atoms with Crippen LogP contribution in [0.5, 0.6) is 0 Å². The molecule has 0 radical (unpaired) electrons. The molecule has 1 aliphatic rings. The van der Waals surface area contributed by atoms with Gasteiger partial charge in [-0.1, -0.05) is 0 Å². The molecule has 7 nitrogen and oxygen atoms in total. The monoisotopic (exact) mass is 384 g/mol. The fourth-order valence-electron chi connectivity index (χ4n) is 3.20. The molecule has 26 heavy (non-hydrogen) atoms. The Hall–Kier alpha value is -1.48. The van der Waals surface area contributed by atoms with E-state index in [0.29, 0.717) is 5.69 Å². The Morgan fingerprint density at radius 3 is 2.15 bits per heavy atom. The minimum Gasteiger partial charge on any atom is -0.364 e. The van der Waals surface area contributed by atoms with E-state index in [1.165, 1.54) is 17.0 Å². The lowest BCUT2D eigenvalue weighted by molar-refractivity contribution is -0.928. The third-order valence-electron chi connectivity index (χ3n) is 4.39. The molecule has 1 aliphatic heterocycles. The summed E-state index contributed by atoms with van der Waals surface area (Å²) in [6.45, 7) is 11.1. The molecule has 1 fully saturated rings. The molecule has 0 spiro atoms. The van der Waals surface area contributed by atoms with E-state index in [2.05, 4.69) is 10.0 Å². The smallest absolute Gasteiger partial charge is 0.282 e. The molecule has 1 saturated heterocycles. The molecule has 1 aromatic rings. The lowest BCUT2D eigenvalue weighted by Gasteiger charge is -2.35. The van der Waals surface area contributed by atoms with Crippen LogP contribution in [-0.4, -0.2) is 51.7 Å². The number of anilines is 1. The number of carbonyl (C=O) groups excluding carboxylic acids is 1. The van der Waals surface area contributed by atoms with Crippen LogP contribution in [-0.2, 0) is 19.6 Å². The Morgan fingerprint density at radius 1 is 1.12 bits per heavy atom. The van der Waals surface area contributed by atoms with E-state index in [1.54, 1.807) is 26.0 Å². The van der Waals surface area contributed by atoms with Crippen LogP contribution in [0.1, 0.15) is 34.6 Å². The van der Waals surface area contributed by atoms with E-state index in [-0.39, 0.29) is 35.1 Å². The van der Waals surface area contributed by atoms with Gasteiger partial charge in [-0.15, -0.1) is 0 Å². The number of carbonyl (C=O) groups is 1. The third kappa shape index (κ3) is 5.51. The molecule has 146 valence electrons. The highest BCUT2D eigenvalue weighted by molar-refractivity contribution is 7.89. The molecule has 3 atom stereocenters. The number of sulfonamides is 1. The minimum atomic E-state index is -3.53. The predicted molar refractivity (Wildman–Crippen MR) is 101 cm³/mol. The summed E-state index contributed by atoms with van der Waals surface area (Å²) in [5.41, 5.74) is 0.583. The van der Waals surface area contributed by atoms with Crippen LogP contribution in [0.15, 0.2) is 29.2 Å². The van der Waals surface area contributed by atoms with E-state index in [0.717, 1.165) is 13.1 Å². The number of benzene rings is 1. The maximum Gasteiger partial charge on any atom is 0.282 e. The van der Waals surface area contributed by atoms with Crippen LogP contribution in [0.3, 0.4) is 0 Å². The Labute approximate surface area is 156 Å². The molecule has 3 N–H and O–H groups in total. The van der Waals surface area contributed by atoms with Gasteiger partial charge in [-0.25, -0.2) is 13.1 Å². The lowest BCUT2D eigenvalue weighted by Crippen LogP contribution is -3.19. The third-order valence-corrected chi connectivity index (χ3v) is 6.07. The Balaban J connectivity index is 2.01. The van der Waals surface area contributed by atoms with Crippen molar-refractivity contribution in [1.29, 1.82) is 0 Å². The summed E-state index contributed by atoms with van der Waals surface area (Å²) in [6, 6.07) is 5.82. The zero-order valence-electron chi connectivity index (χ0n) is 16.1. The van der Waals surface area contributed by atoms with Crippen molar-refractivity contribution in [2.45, 2.75) is 63.8 Å². The van der Waals surface area contributed by atoms with Crippen LogP contribution in [0.4, 0.5) is 5.69 Å². The second kappa shape index (κ2) is 8.47. The first kappa shape index (κ1) is 20.8. The predicted octanol–water partition coefficient (Wildman–Crippen LogP) is 0.392. The molecular formula is C18H30N3O4S+. The number of hydrogen-bond donors (Lipinski definition) is 3. The van der Waals surface area contributed by atoms with E-state index >= 15 is 0 Å². The Kier molecular flexibility index (Phi) is 6.79. The van der Waals surface area contributed by atoms with E-state index < -0.39 is 10.0 Å². The van der Waals surface area contributed by atoms with Crippen molar-refractivity contribution >= 4 is 21.6 Å². The van der Waals surface area contributed by atoms with Gasteiger partial charge in [0.05, 0.1) is 4.90 Å². The van der Waals surface area contributed by atoms with Crippen molar-refractivity contribution < 1.29 is 22.8 Å². The molecule has 0 saturated carbocycles. The number of hydrogen-bond acceptors (Lipinski definition) is 4. The van der Waals surface area contributed by atoms with Crippen LogP contribution in [0, 0.1) is 0 Å². The van der Waals surface area contributed by atoms with Crippen molar-refractivity contribution in [2.24, 2.45) is 0 Å². The van der Waals surface area contributed by atoms with Crippen molar-refractivity contribution in [3.8, 4) is 0 Å². The second-order valence-electron chi connectivity index (χ2n) is 7.34. The molecule has 1 heterocycles. The topological polar surface area (TPSA) is 88.9 Å². The molecule has 2 rings (SSSR count). The average Bonchev–Trinajstić information content (AvgIpc) is 2.52. The highest BCUT2D eigenvalue weighted by atomic mass is 32.2. The minimum absolute atomic E-state index is 0.0859. The number of nitrogens with one attached hydrogen (secondary N) is 3. The van der Waals surface area contributed by atoms with Crippen LogP contribution >= 0.6 is 0 Å². The standard InChI is InChI=1S/C18H29N3O4S/c1-12(2)20-26(23,24)17-8-6-16(7-9-17)19-18(22)15(5)21-10-13(3)25-14(4)11-21/h6-9,12-15,20H,10-11H2,1-5H3,(H,19,22)/p+1/t13-,14-,15-/m0/s1. The normalized spacial score (nSPS) is 25.1. The summed E-state index contributed by atoms with van der Waals surface area (Å²) >= 11 is 0. The van der Waals surface area contributed by atoms with Crippen molar-refractivity contribution in [3.63, 3.8) is 0 Å². The SMILES string of the molecule is CC(C)NS(=O)(=O)c1ccc(NC(=O)[C@H](C)[NH+]2C[C@H](C)O[C@@H](C)C2)cc1. The summed E-state index contributed by atoms with van der Waals surface area (Å²) in [7, 11) is -3.53. The molecular weight excluding hydrogens is 354 g/mol. The fourth-order valence-corrected chi connectivity index (χ4v) is 4.45. The molecule has 0 aliphatic carbocycles. The number of morpholine rings is 1. The second-order valence-corrected chi connectivity index (χ2v) is 9.05. The number of quaternary nitrogens is 1. The fraction of sp³-hybridized carbons (Fsp3) is 0.611. The molecule has 0 unspecified atom stereocenters. The van der Waals surface area contributed by atoms with Gasteiger partial charge < -0.3 is 15.0 Å². The van der Waals surface area contributed by atoms with Crippen LogP contribution in [0.25, 0.3) is 0 Å². The first-order valence-corrected chi connectivity index (χ1v) is 10.5. The number of amides is 1. The maximum atomic E-state index is 12.5. The van der Waals surface area contributed by atoms with Crippen LogP contribution in [0.2, 0.25) is 0 Å². The quantitative estimate of drug-likeness (QED) is 0.662. The first-order valence-electron chi connectivity index (χ1n) is 9.01. The highest BCUT2D eigenvalue weighted by Crippen LogP contribution is 2.14. The zero-order valence-corrected chi connectivity index (χ0v) is 16.9. The van der Waals surface area contributed by atoms with E-state index in [4.69, 9.17) is 4.74 Å². The van der Waals surface area contributed by atoms with E-state index in [1.807, 2.05) is 20.8 Å². The van der Waals surface area contributed by atoms with Crippen molar-refractivity contribution in [2.75, 3.05) is 18.4 Å². The summed E-state index contributed by atoms with van der Waals surface area (Å²) in [6.07, 6.45) is 0.254. The van der Waals surface area contributed by atoms with Gasteiger partial charge >= 0.3 is 0 Å². The summed E-state index contributed by atoms with van der Waals surface area (Å²) < 4.78 is 32.5. The lowest BCUT2D eigenvalue weighted by atomic mass is 10.1. The van der Waals surface area contributed by atoms with Gasteiger partial charge in [0.25, 0.3) is 5.91 Å². The van der Waals surface area contributed by atoms with Gasteiger partial charge in [-0.05, 0) is 58.9 Å². The van der Waals surface area contributed by atoms with E-state index in [9.17, 15) is 13.2 Å². The highest BCUT2D eigenvalue weighted by Gasteiger charge is 2.33. The van der Waals surface area contributed by atoms with Gasteiger partial charge in [-0.2, -0.15) is 0 Å². The van der Waals surface area contributed by atoms with Crippen LogP contribution < -0.4 is 14.9 Å². The first-order chi connectivity index (χ1) is 12.1. The summed E-state index contributed by atoms with van der Waals surface area (Å²) in [5.74, 6) is -0.0859. The number of rotatable bonds is 6. The van der Waals surface area contributed by atoms with Crippen molar-refractivity contribution in [1.82, 2.24) is 4.72 Å². The molecule has 0 bridgehead atoms. The molecule has 1 amide bonds. The number of ether oxygens (including phenoxy) is 1. The average molecular weight is 385 g/mol. The molecule has 0 aromatic heterocycles. The molecule has 8 heteroatoms. The Bertz CT molecular complexity index is 708. The van der Waals surface area contributed by atoms with Gasteiger partial charge in [-0.3, -0.25) is 4.79 Å². The summed E-state index contributed by atoms with van der Waals surface area (Å²) in [5, 5.41) is 2.87. The van der Waals surface area contributed by atoms with Gasteiger partial charge in [0.2, 0.25) is 10.0 Å². The Morgan fingerprint density at radius 2 is 1.65 bits per heavy atom. The zero-order chi connectivity index (χ0) is 19.5. The largest absolute Gasteiger partial charge is 0.364 e. The van der Waals surface area contributed by atoms with Gasteiger partial charge in [0, 0.05) is 11.7 Å². The van der Waals surface area contributed by atoms with Gasteiger partial charge in [0.1, 0.15) is 25.3 Å². The van der Waals surface area contributed by atoms with Gasteiger partial charge in [0.15, 0.2) is 6.04 Å². The molecule has 1 aromatic carbocycles. The summed E-state index contributed by atoms with van der Waals surface area (Å²) in [4.78, 5) is 13.9. The van der Waals surface area contributed by atoms with Crippen molar-refractivity contribution in [3.05, 3.63) is 24.3 Å².